The zero-order valence-electron chi connectivity index (χ0n) is 23.0. The van der Waals surface area contributed by atoms with Gasteiger partial charge in [-0.2, -0.15) is 52.7 Å². The first kappa shape index (κ1) is 34.3. The monoisotopic (exact) mass is 667 g/mol. The van der Waals surface area contributed by atoms with E-state index in [9.17, 15) is 52.7 Å². The summed E-state index contributed by atoms with van der Waals surface area (Å²) in [5, 5.41) is 0. The smallest absolute Gasteiger partial charge is 0.166 e. The van der Waals surface area contributed by atoms with Crippen LogP contribution in [-0.4, -0.2) is 0 Å². The fourth-order valence-electron chi connectivity index (χ4n) is 5.08. The summed E-state index contributed by atoms with van der Waals surface area (Å²) in [5.41, 5.74) is -1.92. The number of rotatable bonds is 8. The molecule has 4 aromatic carbocycles. The molecule has 0 saturated carbocycles. The van der Waals surface area contributed by atoms with Crippen LogP contribution in [0.4, 0.5) is 52.7 Å². The third kappa shape index (κ3) is 9.25. The minimum atomic E-state index is -4.62. The van der Waals surface area contributed by atoms with Crippen LogP contribution in [0.1, 0.15) is 44.5 Å². The Hall–Kier alpha value is -3.53. The average molecular weight is 667 g/mol. The number of benzene rings is 4. The van der Waals surface area contributed by atoms with Crippen LogP contribution in [0.25, 0.3) is 0 Å². The van der Waals surface area contributed by atoms with Crippen LogP contribution in [0, 0.1) is 0 Å². The van der Waals surface area contributed by atoms with Crippen LogP contribution in [-0.2, 0) is 49.4 Å². The van der Waals surface area contributed by atoms with Crippen molar-refractivity contribution in [2.24, 2.45) is 0 Å². The molecule has 0 aromatic heterocycles. The Kier molecular flexibility index (Phi) is 9.69. The van der Waals surface area contributed by atoms with Crippen molar-refractivity contribution in [3.8, 4) is 0 Å². The van der Waals surface area contributed by atoms with Crippen LogP contribution in [0.15, 0.2) is 97.1 Å². The van der Waals surface area contributed by atoms with Gasteiger partial charge in [-0.1, -0.05) is 48.5 Å². The third-order valence-corrected chi connectivity index (χ3v) is 11.3. The van der Waals surface area contributed by atoms with Crippen molar-refractivity contribution in [3.05, 3.63) is 142 Å². The lowest BCUT2D eigenvalue weighted by molar-refractivity contribution is -0.138. The van der Waals surface area contributed by atoms with Gasteiger partial charge in [0.2, 0.25) is 0 Å². The van der Waals surface area contributed by atoms with E-state index in [2.05, 4.69) is 0 Å². The predicted octanol–water partition coefficient (Wildman–Crippen LogP) is 11.9. The highest BCUT2D eigenvalue weighted by molar-refractivity contribution is 7.72. The van der Waals surface area contributed by atoms with Crippen molar-refractivity contribution in [2.75, 3.05) is 0 Å². The summed E-state index contributed by atoms with van der Waals surface area (Å²) in [6.07, 6.45) is -18.1. The molecule has 0 N–H and O–H groups in total. The fourth-order valence-corrected chi connectivity index (χ4v) is 9.69. The standard InChI is InChI=1S/C32H24F12P/c33-29(34,35)25-9-1-21(2-10-25)17-45(18-22-3-11-26(12-4-22)30(36,37)38,19-23-5-13-27(14-6-23)31(39,40)41)20-24-7-15-28(16-8-24)32(42,43)44/h1-16H,17-20H2/q+1. The minimum Gasteiger partial charge on any atom is -0.166 e. The van der Waals surface area contributed by atoms with E-state index in [0.717, 1.165) is 48.5 Å². The molecule has 4 rings (SSSR count). The molecule has 0 heterocycles. The van der Waals surface area contributed by atoms with Gasteiger partial charge < -0.3 is 0 Å². The Bertz CT molecular complexity index is 1300. The number of alkyl halides is 12. The third-order valence-electron chi connectivity index (χ3n) is 7.20. The zero-order valence-corrected chi connectivity index (χ0v) is 23.9. The molecule has 0 nitrogen and oxygen atoms in total. The van der Waals surface area contributed by atoms with E-state index in [1.165, 1.54) is 48.5 Å². The molecule has 0 aliphatic rings. The number of hydrogen-bond acceptors (Lipinski definition) is 0. The Morgan fingerprint density at radius 3 is 0.578 bits per heavy atom. The quantitative estimate of drug-likeness (QED) is 0.130. The van der Waals surface area contributed by atoms with E-state index >= 15 is 0 Å². The second-order valence-electron chi connectivity index (χ2n) is 10.8. The van der Waals surface area contributed by atoms with Crippen molar-refractivity contribution < 1.29 is 52.7 Å². The molecule has 0 unspecified atom stereocenters. The largest absolute Gasteiger partial charge is 0.416 e. The highest BCUT2D eigenvalue weighted by Crippen LogP contribution is 2.69. The van der Waals surface area contributed by atoms with Crippen LogP contribution in [0.5, 0.6) is 0 Å². The minimum absolute atomic E-state index is 0.105. The van der Waals surface area contributed by atoms with Crippen LogP contribution < -0.4 is 0 Å². The van der Waals surface area contributed by atoms with Crippen LogP contribution in [0.3, 0.4) is 0 Å². The average Bonchev–Trinajstić information content (AvgIpc) is 2.92. The molecule has 240 valence electrons. The zero-order chi connectivity index (χ0) is 33.3. The van der Waals surface area contributed by atoms with Crippen molar-refractivity contribution in [1.29, 1.82) is 0 Å². The fraction of sp³-hybridized carbons (Fsp3) is 0.250. The summed E-state index contributed by atoms with van der Waals surface area (Å²) in [4.78, 5) is 0. The molecule has 0 fully saturated rings. The van der Waals surface area contributed by atoms with E-state index in [1.54, 1.807) is 0 Å². The van der Waals surface area contributed by atoms with Gasteiger partial charge in [-0.15, -0.1) is 0 Å². The van der Waals surface area contributed by atoms with Crippen molar-refractivity contribution in [1.82, 2.24) is 0 Å². The van der Waals surface area contributed by atoms with E-state index in [1.807, 2.05) is 0 Å². The Morgan fingerprint density at radius 2 is 0.444 bits per heavy atom. The maximum Gasteiger partial charge on any atom is 0.416 e. The highest BCUT2D eigenvalue weighted by atomic mass is 31.2. The van der Waals surface area contributed by atoms with E-state index < -0.39 is 54.2 Å². The SMILES string of the molecule is FC(F)(F)c1ccc(C[P+](Cc2ccc(C(F)(F)F)cc2)(Cc2ccc(C(F)(F)F)cc2)Cc2ccc(C(F)(F)F)cc2)cc1. The van der Waals surface area contributed by atoms with Gasteiger partial charge in [0.25, 0.3) is 0 Å². The number of hydrogen-bond donors (Lipinski definition) is 0. The molecule has 0 bridgehead atoms. The topological polar surface area (TPSA) is 0 Å². The second kappa shape index (κ2) is 12.7. The van der Waals surface area contributed by atoms with E-state index in [0.29, 0.717) is 22.3 Å². The molecule has 45 heavy (non-hydrogen) atoms. The summed E-state index contributed by atoms with van der Waals surface area (Å²) in [5.74, 6) is 0. The molecule has 0 spiro atoms. The van der Waals surface area contributed by atoms with Gasteiger partial charge in [0, 0.05) is 7.26 Å². The maximum atomic E-state index is 13.2. The highest BCUT2D eigenvalue weighted by Gasteiger charge is 2.41. The first-order valence-electron chi connectivity index (χ1n) is 13.2. The molecule has 0 amide bonds. The Balaban J connectivity index is 1.81. The van der Waals surface area contributed by atoms with Gasteiger partial charge >= 0.3 is 24.7 Å². The molecule has 0 saturated heterocycles. The normalized spacial score (nSPS) is 13.2. The molecule has 0 aliphatic heterocycles. The Labute approximate surface area is 251 Å². The molecule has 0 aliphatic carbocycles. The predicted molar refractivity (Wildman–Crippen MR) is 148 cm³/mol. The molecular formula is C32H24F12P+. The van der Waals surface area contributed by atoms with Crippen LogP contribution in [0.2, 0.25) is 0 Å². The lowest BCUT2D eigenvalue weighted by Gasteiger charge is -2.29. The lowest BCUT2D eigenvalue weighted by Crippen LogP contribution is -2.11. The van der Waals surface area contributed by atoms with E-state index in [-0.39, 0.29) is 24.6 Å². The molecular weight excluding hydrogens is 643 g/mol. The molecule has 0 atom stereocenters. The van der Waals surface area contributed by atoms with Gasteiger partial charge in [-0.05, 0) is 70.8 Å². The lowest BCUT2D eigenvalue weighted by atomic mass is 10.1. The summed E-state index contributed by atoms with van der Waals surface area (Å²) >= 11 is 0. The maximum absolute atomic E-state index is 13.2. The van der Waals surface area contributed by atoms with Gasteiger partial charge in [-0.25, -0.2) is 0 Å². The summed E-state index contributed by atoms with van der Waals surface area (Å²) in [6, 6.07) is 17.0. The molecule has 0 radical (unpaired) electrons. The van der Waals surface area contributed by atoms with Gasteiger partial charge in [0.1, 0.15) is 0 Å². The summed E-state index contributed by atoms with van der Waals surface area (Å²) < 4.78 is 159. The first-order chi connectivity index (χ1) is 20.7. The van der Waals surface area contributed by atoms with E-state index in [4.69, 9.17) is 0 Å². The van der Waals surface area contributed by atoms with Gasteiger partial charge in [-0.3, -0.25) is 0 Å². The van der Waals surface area contributed by atoms with Crippen LogP contribution >= 0.6 is 7.26 Å². The Morgan fingerprint density at radius 1 is 0.289 bits per heavy atom. The first-order valence-corrected chi connectivity index (χ1v) is 15.8. The van der Waals surface area contributed by atoms with Crippen molar-refractivity contribution in [3.63, 3.8) is 0 Å². The molecule has 13 heteroatoms. The van der Waals surface area contributed by atoms with Crippen molar-refractivity contribution >= 4 is 7.26 Å². The van der Waals surface area contributed by atoms with Gasteiger partial charge in [0.05, 0.1) is 46.9 Å². The molecule has 4 aromatic rings. The number of halogens is 12. The van der Waals surface area contributed by atoms with Crippen molar-refractivity contribution in [2.45, 2.75) is 49.4 Å². The van der Waals surface area contributed by atoms with Gasteiger partial charge in [0.15, 0.2) is 0 Å². The second-order valence-corrected chi connectivity index (χ2v) is 14.7. The summed E-state index contributed by atoms with van der Waals surface area (Å²) in [7, 11) is -2.73. The summed E-state index contributed by atoms with van der Waals surface area (Å²) in [6.45, 7) is 0.